The van der Waals surface area contributed by atoms with Crippen LogP contribution in [-0.4, -0.2) is 17.1 Å². The summed E-state index contributed by atoms with van der Waals surface area (Å²) in [6.07, 6.45) is 0. The highest BCUT2D eigenvalue weighted by Gasteiger charge is 2.07. The van der Waals surface area contributed by atoms with E-state index in [-0.39, 0.29) is 5.82 Å². The summed E-state index contributed by atoms with van der Waals surface area (Å²) >= 11 is 0. The molecule has 6 heteroatoms. The van der Waals surface area contributed by atoms with Crippen LogP contribution in [0.1, 0.15) is 5.69 Å². The van der Waals surface area contributed by atoms with E-state index < -0.39 is 0 Å². The van der Waals surface area contributed by atoms with Crippen LogP contribution in [0.4, 0.5) is 27.5 Å². The lowest BCUT2D eigenvalue weighted by Crippen LogP contribution is -2.03. The summed E-state index contributed by atoms with van der Waals surface area (Å²) in [5.74, 6) is 1.49. The Kier molecular flexibility index (Phi) is 4.56. The zero-order valence-corrected chi connectivity index (χ0v) is 13.4. The molecule has 0 spiro atoms. The highest BCUT2D eigenvalue weighted by molar-refractivity contribution is 5.64. The normalized spacial score (nSPS) is 10.3. The Labute approximate surface area is 139 Å². The summed E-state index contributed by atoms with van der Waals surface area (Å²) in [5, 5.41) is 6.29. The molecule has 0 aliphatic carbocycles. The van der Waals surface area contributed by atoms with Crippen LogP contribution in [0.5, 0.6) is 5.75 Å². The maximum absolute atomic E-state index is 13.0. The SMILES string of the molecule is COc1ccccc1Nc1nc(C)cc(Nc2ccc(F)cc2)n1. The van der Waals surface area contributed by atoms with Crippen molar-refractivity contribution in [2.45, 2.75) is 6.92 Å². The van der Waals surface area contributed by atoms with Gasteiger partial charge in [0.2, 0.25) is 5.95 Å². The molecule has 0 radical (unpaired) electrons. The second-order valence-electron chi connectivity index (χ2n) is 5.18. The van der Waals surface area contributed by atoms with E-state index in [0.29, 0.717) is 17.5 Å². The van der Waals surface area contributed by atoms with Crippen molar-refractivity contribution >= 4 is 23.1 Å². The fourth-order valence-corrected chi connectivity index (χ4v) is 2.24. The molecule has 3 aromatic rings. The molecule has 3 rings (SSSR count). The molecule has 2 N–H and O–H groups in total. The standard InChI is InChI=1S/C18H17FN4O/c1-12-11-17(21-14-9-7-13(19)8-10-14)23-18(20-12)22-15-5-3-4-6-16(15)24-2/h3-11H,1-2H3,(H2,20,21,22,23). The van der Waals surface area contributed by atoms with Crippen LogP contribution in [0.3, 0.4) is 0 Å². The molecule has 0 aliphatic rings. The predicted octanol–water partition coefficient (Wildman–Crippen LogP) is 4.42. The second kappa shape index (κ2) is 6.95. The van der Waals surface area contributed by atoms with Gasteiger partial charge in [-0.2, -0.15) is 4.98 Å². The third kappa shape index (κ3) is 3.78. The largest absolute Gasteiger partial charge is 0.495 e. The van der Waals surface area contributed by atoms with Crippen molar-refractivity contribution in [1.29, 1.82) is 0 Å². The van der Waals surface area contributed by atoms with E-state index in [1.165, 1.54) is 12.1 Å². The van der Waals surface area contributed by atoms with Crippen molar-refractivity contribution in [2.75, 3.05) is 17.7 Å². The number of nitrogens with one attached hydrogen (secondary N) is 2. The van der Waals surface area contributed by atoms with E-state index in [1.807, 2.05) is 37.3 Å². The summed E-state index contributed by atoms with van der Waals surface area (Å²) in [6.45, 7) is 1.88. The molecular formula is C18H17FN4O. The topological polar surface area (TPSA) is 59.1 Å². The highest BCUT2D eigenvalue weighted by atomic mass is 19.1. The van der Waals surface area contributed by atoms with Crippen LogP contribution in [0.15, 0.2) is 54.6 Å². The molecule has 0 amide bonds. The second-order valence-corrected chi connectivity index (χ2v) is 5.18. The van der Waals surface area contributed by atoms with Crippen molar-refractivity contribution in [2.24, 2.45) is 0 Å². The molecule has 0 fully saturated rings. The molecule has 24 heavy (non-hydrogen) atoms. The molecule has 0 aliphatic heterocycles. The minimum atomic E-state index is -0.280. The lowest BCUT2D eigenvalue weighted by molar-refractivity contribution is 0.417. The summed E-state index contributed by atoms with van der Waals surface area (Å²) in [4.78, 5) is 8.82. The van der Waals surface area contributed by atoms with Crippen LogP contribution in [-0.2, 0) is 0 Å². The minimum Gasteiger partial charge on any atom is -0.495 e. The number of hydrogen-bond acceptors (Lipinski definition) is 5. The van der Waals surface area contributed by atoms with Crippen LogP contribution in [0.2, 0.25) is 0 Å². The number of aryl methyl sites for hydroxylation is 1. The number of para-hydroxylation sites is 2. The number of rotatable bonds is 5. The van der Waals surface area contributed by atoms with Gasteiger partial charge in [0, 0.05) is 17.4 Å². The van der Waals surface area contributed by atoms with Gasteiger partial charge in [0.15, 0.2) is 0 Å². The van der Waals surface area contributed by atoms with E-state index in [4.69, 9.17) is 4.74 Å². The smallest absolute Gasteiger partial charge is 0.229 e. The molecule has 0 atom stereocenters. The average Bonchev–Trinajstić information content (AvgIpc) is 2.57. The summed E-state index contributed by atoms with van der Waals surface area (Å²) in [5.41, 5.74) is 2.32. The van der Waals surface area contributed by atoms with Gasteiger partial charge in [0.1, 0.15) is 17.4 Å². The molecule has 0 bridgehead atoms. The van der Waals surface area contributed by atoms with Crippen LogP contribution in [0, 0.1) is 12.7 Å². The number of anilines is 4. The molecule has 5 nitrogen and oxygen atoms in total. The molecule has 0 saturated heterocycles. The molecular weight excluding hydrogens is 307 g/mol. The van der Waals surface area contributed by atoms with Crippen molar-refractivity contribution < 1.29 is 9.13 Å². The van der Waals surface area contributed by atoms with Gasteiger partial charge in [-0.25, -0.2) is 9.37 Å². The van der Waals surface area contributed by atoms with Crippen molar-refractivity contribution in [1.82, 2.24) is 9.97 Å². The summed E-state index contributed by atoms with van der Waals surface area (Å²) in [7, 11) is 1.61. The summed E-state index contributed by atoms with van der Waals surface area (Å²) in [6, 6.07) is 15.4. The number of nitrogens with zero attached hydrogens (tertiary/aromatic N) is 2. The maximum atomic E-state index is 13.0. The Hall–Kier alpha value is -3.15. The third-order valence-corrected chi connectivity index (χ3v) is 3.32. The first-order chi connectivity index (χ1) is 11.6. The number of halogens is 1. The number of ether oxygens (including phenoxy) is 1. The van der Waals surface area contributed by atoms with Gasteiger partial charge >= 0.3 is 0 Å². The number of methoxy groups -OCH3 is 1. The molecule has 1 heterocycles. The Morgan fingerprint density at radius 2 is 1.71 bits per heavy atom. The van der Waals surface area contributed by atoms with Gasteiger partial charge in [0.25, 0.3) is 0 Å². The predicted molar refractivity (Wildman–Crippen MR) is 92.7 cm³/mol. The Morgan fingerprint density at radius 3 is 2.46 bits per heavy atom. The monoisotopic (exact) mass is 324 g/mol. The molecule has 0 unspecified atom stereocenters. The third-order valence-electron chi connectivity index (χ3n) is 3.32. The molecule has 1 aromatic heterocycles. The lowest BCUT2D eigenvalue weighted by atomic mass is 10.3. The van der Waals surface area contributed by atoms with Gasteiger partial charge < -0.3 is 15.4 Å². The van der Waals surface area contributed by atoms with Crippen LogP contribution >= 0.6 is 0 Å². The van der Waals surface area contributed by atoms with Crippen LogP contribution < -0.4 is 15.4 Å². The molecule has 0 saturated carbocycles. The van der Waals surface area contributed by atoms with Crippen molar-refractivity contribution in [3.05, 3.63) is 66.1 Å². The quantitative estimate of drug-likeness (QED) is 0.727. The first-order valence-corrected chi connectivity index (χ1v) is 7.42. The van der Waals surface area contributed by atoms with E-state index >= 15 is 0 Å². The minimum absolute atomic E-state index is 0.280. The Balaban J connectivity index is 1.84. The number of hydrogen-bond donors (Lipinski definition) is 2. The van der Waals surface area contributed by atoms with Gasteiger partial charge in [0.05, 0.1) is 12.8 Å². The van der Waals surface area contributed by atoms with Gasteiger partial charge in [-0.05, 0) is 43.3 Å². The molecule has 122 valence electrons. The molecule has 2 aromatic carbocycles. The fourth-order valence-electron chi connectivity index (χ4n) is 2.24. The Morgan fingerprint density at radius 1 is 0.958 bits per heavy atom. The lowest BCUT2D eigenvalue weighted by Gasteiger charge is -2.12. The zero-order chi connectivity index (χ0) is 16.9. The van der Waals surface area contributed by atoms with Crippen LogP contribution in [0.25, 0.3) is 0 Å². The van der Waals surface area contributed by atoms with Gasteiger partial charge in [-0.1, -0.05) is 12.1 Å². The zero-order valence-electron chi connectivity index (χ0n) is 13.4. The van der Waals surface area contributed by atoms with Crippen molar-refractivity contribution in [3.63, 3.8) is 0 Å². The Bertz CT molecular complexity index is 837. The maximum Gasteiger partial charge on any atom is 0.229 e. The first kappa shape index (κ1) is 15.7. The van der Waals surface area contributed by atoms with E-state index in [2.05, 4.69) is 20.6 Å². The number of benzene rings is 2. The first-order valence-electron chi connectivity index (χ1n) is 7.42. The van der Waals surface area contributed by atoms with E-state index in [0.717, 1.165) is 17.1 Å². The van der Waals surface area contributed by atoms with E-state index in [1.54, 1.807) is 19.2 Å². The number of aromatic nitrogens is 2. The van der Waals surface area contributed by atoms with Crippen molar-refractivity contribution in [3.8, 4) is 5.75 Å². The van der Waals surface area contributed by atoms with Gasteiger partial charge in [-0.3, -0.25) is 0 Å². The van der Waals surface area contributed by atoms with Gasteiger partial charge in [-0.15, -0.1) is 0 Å². The average molecular weight is 324 g/mol. The highest BCUT2D eigenvalue weighted by Crippen LogP contribution is 2.26. The van der Waals surface area contributed by atoms with E-state index in [9.17, 15) is 4.39 Å². The summed E-state index contributed by atoms with van der Waals surface area (Å²) < 4.78 is 18.3. The fraction of sp³-hybridized carbons (Fsp3) is 0.111.